The van der Waals surface area contributed by atoms with Crippen molar-refractivity contribution in [2.24, 2.45) is 0 Å². The highest BCUT2D eigenvalue weighted by Gasteiger charge is 2.30. The SMILES string of the molecule is CS(=O)(=O)Nc1ccccc1-c1ccc2[nH]c(-c3cccc(C(F)(F)F)c3)nc2c1. The second-order valence-electron chi connectivity index (χ2n) is 6.82. The molecule has 3 aromatic carbocycles. The Morgan fingerprint density at radius 3 is 2.43 bits per heavy atom. The summed E-state index contributed by atoms with van der Waals surface area (Å²) in [6.45, 7) is 0. The van der Waals surface area contributed by atoms with E-state index in [-0.39, 0.29) is 0 Å². The van der Waals surface area contributed by atoms with E-state index in [1.807, 2.05) is 0 Å². The van der Waals surface area contributed by atoms with E-state index >= 15 is 0 Å². The van der Waals surface area contributed by atoms with Crippen LogP contribution in [-0.4, -0.2) is 24.6 Å². The number of H-pyrrole nitrogens is 1. The first kappa shape index (κ1) is 20.0. The quantitative estimate of drug-likeness (QED) is 0.461. The van der Waals surface area contributed by atoms with Gasteiger partial charge in [-0.05, 0) is 35.9 Å². The predicted octanol–water partition coefficient (Wildman–Crippen LogP) is 5.29. The molecule has 5 nitrogen and oxygen atoms in total. The number of hydrogen-bond donors (Lipinski definition) is 2. The third kappa shape index (κ3) is 4.16. The molecular weight excluding hydrogens is 415 g/mol. The van der Waals surface area contributed by atoms with E-state index in [1.165, 1.54) is 6.07 Å². The summed E-state index contributed by atoms with van der Waals surface area (Å²) in [7, 11) is -3.46. The van der Waals surface area contributed by atoms with E-state index in [0.717, 1.165) is 24.0 Å². The van der Waals surface area contributed by atoms with Crippen LogP contribution in [0.25, 0.3) is 33.5 Å². The van der Waals surface area contributed by atoms with Crippen LogP contribution in [-0.2, 0) is 16.2 Å². The highest BCUT2D eigenvalue weighted by Crippen LogP contribution is 2.33. The van der Waals surface area contributed by atoms with Crippen LogP contribution in [0.5, 0.6) is 0 Å². The van der Waals surface area contributed by atoms with Crippen LogP contribution in [0.2, 0.25) is 0 Å². The third-order valence-electron chi connectivity index (χ3n) is 4.48. The minimum absolute atomic E-state index is 0.316. The largest absolute Gasteiger partial charge is 0.416 e. The number of rotatable bonds is 4. The number of halogens is 3. The van der Waals surface area contributed by atoms with Crippen molar-refractivity contribution < 1.29 is 21.6 Å². The summed E-state index contributed by atoms with van der Waals surface area (Å²) in [5.41, 5.74) is 2.58. The number of para-hydroxylation sites is 1. The highest BCUT2D eigenvalue weighted by atomic mass is 32.2. The average molecular weight is 431 g/mol. The van der Waals surface area contributed by atoms with Crippen molar-refractivity contribution in [3.8, 4) is 22.5 Å². The molecule has 0 aliphatic carbocycles. The van der Waals surface area contributed by atoms with Gasteiger partial charge in [-0.25, -0.2) is 13.4 Å². The Labute approximate surface area is 170 Å². The van der Waals surface area contributed by atoms with E-state index in [2.05, 4.69) is 14.7 Å². The van der Waals surface area contributed by atoms with Gasteiger partial charge in [0.2, 0.25) is 10.0 Å². The first-order chi connectivity index (χ1) is 14.1. The third-order valence-corrected chi connectivity index (χ3v) is 5.07. The second kappa shape index (κ2) is 7.17. The van der Waals surface area contributed by atoms with Crippen LogP contribution in [0, 0.1) is 0 Å². The summed E-state index contributed by atoms with van der Waals surface area (Å²) in [5, 5.41) is 0. The van der Waals surface area contributed by atoms with Crippen LogP contribution in [0.4, 0.5) is 18.9 Å². The Morgan fingerprint density at radius 2 is 1.70 bits per heavy atom. The van der Waals surface area contributed by atoms with Crippen LogP contribution in [0.3, 0.4) is 0 Å². The molecule has 0 aliphatic heterocycles. The average Bonchev–Trinajstić information content (AvgIpc) is 3.10. The van der Waals surface area contributed by atoms with Gasteiger partial charge in [-0.3, -0.25) is 4.72 Å². The summed E-state index contributed by atoms with van der Waals surface area (Å²) in [6, 6.07) is 17.2. The number of hydrogen-bond acceptors (Lipinski definition) is 3. The Kier molecular flexibility index (Phi) is 4.77. The Balaban J connectivity index is 1.76. The zero-order valence-electron chi connectivity index (χ0n) is 15.7. The number of anilines is 1. The topological polar surface area (TPSA) is 74.8 Å². The van der Waals surface area contributed by atoms with Crippen molar-refractivity contribution in [2.45, 2.75) is 6.18 Å². The fourth-order valence-electron chi connectivity index (χ4n) is 3.18. The summed E-state index contributed by atoms with van der Waals surface area (Å²) in [4.78, 5) is 7.47. The molecular formula is C21H16F3N3O2S. The number of nitrogens with one attached hydrogen (secondary N) is 2. The molecule has 0 saturated carbocycles. The summed E-state index contributed by atoms with van der Waals surface area (Å²) in [6.07, 6.45) is -3.37. The normalized spacial score (nSPS) is 12.3. The van der Waals surface area contributed by atoms with Gasteiger partial charge in [-0.15, -0.1) is 0 Å². The number of imidazole rings is 1. The Bertz CT molecular complexity index is 1350. The molecule has 1 aromatic heterocycles. The van der Waals surface area contributed by atoms with Crippen molar-refractivity contribution in [1.29, 1.82) is 0 Å². The zero-order valence-corrected chi connectivity index (χ0v) is 16.5. The van der Waals surface area contributed by atoms with Gasteiger partial charge in [0.05, 0.1) is 28.5 Å². The van der Waals surface area contributed by atoms with Crippen molar-refractivity contribution >= 4 is 26.7 Å². The molecule has 9 heteroatoms. The highest BCUT2D eigenvalue weighted by molar-refractivity contribution is 7.92. The maximum atomic E-state index is 13.0. The molecule has 154 valence electrons. The van der Waals surface area contributed by atoms with Gasteiger partial charge >= 0.3 is 6.18 Å². The monoisotopic (exact) mass is 431 g/mol. The molecule has 0 aliphatic rings. The molecule has 0 spiro atoms. The van der Waals surface area contributed by atoms with Crippen molar-refractivity contribution in [3.63, 3.8) is 0 Å². The minimum Gasteiger partial charge on any atom is -0.338 e. The first-order valence-corrected chi connectivity index (χ1v) is 10.7. The maximum absolute atomic E-state index is 13.0. The fraction of sp³-hybridized carbons (Fsp3) is 0.0952. The standard InChI is InChI=1S/C21H16F3N3O2S/c1-30(28,29)27-17-8-3-2-7-16(17)13-9-10-18-19(12-13)26-20(25-18)14-5-4-6-15(11-14)21(22,23)24/h2-12,27H,1H3,(H,25,26). The molecule has 0 fully saturated rings. The van der Waals surface area contributed by atoms with Crippen LogP contribution in [0.15, 0.2) is 66.7 Å². The van der Waals surface area contributed by atoms with Gasteiger partial charge in [-0.1, -0.05) is 36.4 Å². The predicted molar refractivity (Wildman–Crippen MR) is 110 cm³/mol. The summed E-state index contributed by atoms with van der Waals surface area (Å²) >= 11 is 0. The number of fused-ring (bicyclic) bond motifs is 1. The number of aromatic amines is 1. The van der Waals surface area contributed by atoms with Gasteiger partial charge < -0.3 is 4.98 Å². The summed E-state index contributed by atoms with van der Waals surface area (Å²) < 4.78 is 64.8. The lowest BCUT2D eigenvalue weighted by atomic mass is 10.0. The minimum atomic E-state index is -4.44. The molecule has 1 heterocycles. The van der Waals surface area contributed by atoms with Crippen molar-refractivity contribution in [1.82, 2.24) is 9.97 Å². The number of benzene rings is 3. The molecule has 0 atom stereocenters. The summed E-state index contributed by atoms with van der Waals surface area (Å²) in [5.74, 6) is 0.316. The fourth-order valence-corrected chi connectivity index (χ4v) is 3.75. The molecule has 2 N–H and O–H groups in total. The van der Waals surface area contributed by atoms with Crippen LogP contribution >= 0.6 is 0 Å². The van der Waals surface area contributed by atoms with E-state index in [9.17, 15) is 21.6 Å². The van der Waals surface area contributed by atoms with E-state index in [0.29, 0.717) is 33.7 Å². The second-order valence-corrected chi connectivity index (χ2v) is 8.56. The Hall–Kier alpha value is -3.33. The lowest BCUT2D eigenvalue weighted by Gasteiger charge is -2.10. The van der Waals surface area contributed by atoms with E-state index in [4.69, 9.17) is 0 Å². The zero-order chi connectivity index (χ0) is 21.5. The molecule has 0 amide bonds. The number of aromatic nitrogens is 2. The molecule has 0 radical (unpaired) electrons. The van der Waals surface area contributed by atoms with Crippen molar-refractivity contribution in [2.75, 3.05) is 11.0 Å². The number of nitrogens with zero attached hydrogens (tertiary/aromatic N) is 1. The van der Waals surface area contributed by atoms with Gasteiger partial charge in [0, 0.05) is 11.1 Å². The smallest absolute Gasteiger partial charge is 0.338 e. The number of alkyl halides is 3. The molecule has 30 heavy (non-hydrogen) atoms. The Morgan fingerprint density at radius 1 is 0.933 bits per heavy atom. The van der Waals surface area contributed by atoms with Gasteiger partial charge in [0.25, 0.3) is 0 Å². The first-order valence-electron chi connectivity index (χ1n) is 8.85. The van der Waals surface area contributed by atoms with E-state index < -0.39 is 21.8 Å². The van der Waals surface area contributed by atoms with Gasteiger partial charge in [0.1, 0.15) is 5.82 Å². The van der Waals surface area contributed by atoms with Gasteiger partial charge in [0.15, 0.2) is 0 Å². The molecule has 4 rings (SSSR count). The lowest BCUT2D eigenvalue weighted by Crippen LogP contribution is -2.10. The van der Waals surface area contributed by atoms with Crippen LogP contribution < -0.4 is 4.72 Å². The molecule has 4 aromatic rings. The van der Waals surface area contributed by atoms with E-state index in [1.54, 1.807) is 48.5 Å². The maximum Gasteiger partial charge on any atom is 0.416 e. The number of sulfonamides is 1. The van der Waals surface area contributed by atoms with Crippen molar-refractivity contribution in [3.05, 3.63) is 72.3 Å². The molecule has 0 saturated heterocycles. The lowest BCUT2D eigenvalue weighted by molar-refractivity contribution is -0.137. The van der Waals surface area contributed by atoms with Crippen LogP contribution in [0.1, 0.15) is 5.56 Å². The molecule has 0 bridgehead atoms. The molecule has 0 unspecified atom stereocenters. The van der Waals surface area contributed by atoms with Gasteiger partial charge in [-0.2, -0.15) is 13.2 Å².